The molecule has 1 saturated heterocycles. The Morgan fingerprint density at radius 3 is 2.74 bits per heavy atom. The lowest BCUT2D eigenvalue weighted by molar-refractivity contribution is 0.296. The molecule has 1 aromatic carbocycles. The van der Waals surface area contributed by atoms with E-state index < -0.39 is 0 Å². The van der Waals surface area contributed by atoms with Gasteiger partial charge in [0.2, 0.25) is 0 Å². The average molecular weight is 261 g/mol. The third-order valence-corrected chi connectivity index (χ3v) is 4.25. The van der Waals surface area contributed by atoms with Gasteiger partial charge in [-0.05, 0) is 44.0 Å². The molecule has 1 unspecified atom stereocenters. The van der Waals surface area contributed by atoms with Crippen molar-refractivity contribution in [1.29, 1.82) is 0 Å². The second-order valence-corrected chi connectivity index (χ2v) is 5.78. The van der Waals surface area contributed by atoms with Crippen LogP contribution < -0.4 is 14.8 Å². The highest BCUT2D eigenvalue weighted by atomic mass is 16.5. The first-order chi connectivity index (χ1) is 9.28. The molecule has 3 nitrogen and oxygen atoms in total. The van der Waals surface area contributed by atoms with Crippen LogP contribution in [0.15, 0.2) is 18.2 Å². The normalized spacial score (nSPS) is 27.4. The van der Waals surface area contributed by atoms with Gasteiger partial charge in [0, 0.05) is 12.0 Å². The Balaban J connectivity index is 1.89. The Morgan fingerprint density at radius 2 is 1.84 bits per heavy atom. The zero-order valence-corrected chi connectivity index (χ0v) is 11.7. The minimum Gasteiger partial charge on any atom is -0.490 e. The zero-order valence-electron chi connectivity index (χ0n) is 11.7. The number of benzene rings is 1. The summed E-state index contributed by atoms with van der Waals surface area (Å²) in [6, 6.07) is 6.42. The SMILES string of the molecule is CC1(c2ccc3c(c2)OCCCO3)CCCCCN1. The van der Waals surface area contributed by atoms with Crippen LogP contribution >= 0.6 is 0 Å². The summed E-state index contributed by atoms with van der Waals surface area (Å²) in [5.41, 5.74) is 1.39. The molecular formula is C16H23NO2. The van der Waals surface area contributed by atoms with Crippen molar-refractivity contribution >= 4 is 0 Å². The number of nitrogens with one attached hydrogen (secondary N) is 1. The fraction of sp³-hybridized carbons (Fsp3) is 0.625. The van der Waals surface area contributed by atoms with Crippen LogP contribution in [0.25, 0.3) is 0 Å². The van der Waals surface area contributed by atoms with E-state index in [-0.39, 0.29) is 5.54 Å². The average Bonchev–Trinajstić information content (AvgIpc) is 2.78. The summed E-state index contributed by atoms with van der Waals surface area (Å²) >= 11 is 0. The van der Waals surface area contributed by atoms with Crippen molar-refractivity contribution in [2.75, 3.05) is 19.8 Å². The summed E-state index contributed by atoms with van der Waals surface area (Å²) in [5.74, 6) is 1.79. The van der Waals surface area contributed by atoms with E-state index in [4.69, 9.17) is 9.47 Å². The first kappa shape index (κ1) is 12.8. The van der Waals surface area contributed by atoms with Crippen LogP contribution in [0.4, 0.5) is 0 Å². The highest BCUT2D eigenvalue weighted by Gasteiger charge is 2.28. The van der Waals surface area contributed by atoms with Crippen LogP contribution in [0.5, 0.6) is 11.5 Å². The summed E-state index contributed by atoms with van der Waals surface area (Å²) in [7, 11) is 0. The van der Waals surface area contributed by atoms with E-state index in [0.29, 0.717) is 0 Å². The molecule has 0 amide bonds. The summed E-state index contributed by atoms with van der Waals surface area (Å²) in [4.78, 5) is 0. The van der Waals surface area contributed by atoms with Crippen LogP contribution in [-0.2, 0) is 5.54 Å². The van der Waals surface area contributed by atoms with Crippen LogP contribution in [0, 0.1) is 0 Å². The molecule has 1 fully saturated rings. The second-order valence-electron chi connectivity index (χ2n) is 5.78. The maximum atomic E-state index is 5.80. The van der Waals surface area contributed by atoms with Gasteiger partial charge in [-0.25, -0.2) is 0 Å². The molecule has 3 rings (SSSR count). The van der Waals surface area contributed by atoms with Gasteiger partial charge in [0.15, 0.2) is 11.5 Å². The lowest BCUT2D eigenvalue weighted by Crippen LogP contribution is -2.38. The summed E-state index contributed by atoms with van der Waals surface area (Å²) in [6.07, 6.45) is 6.04. The van der Waals surface area contributed by atoms with Gasteiger partial charge in [-0.15, -0.1) is 0 Å². The summed E-state index contributed by atoms with van der Waals surface area (Å²) in [6.45, 7) is 4.91. The number of ether oxygens (including phenoxy) is 2. The van der Waals surface area contributed by atoms with E-state index in [1.165, 1.54) is 31.2 Å². The Hall–Kier alpha value is -1.22. The molecule has 19 heavy (non-hydrogen) atoms. The molecule has 104 valence electrons. The summed E-state index contributed by atoms with van der Waals surface area (Å²) in [5, 5.41) is 3.70. The van der Waals surface area contributed by atoms with E-state index in [1.54, 1.807) is 0 Å². The smallest absolute Gasteiger partial charge is 0.161 e. The highest BCUT2D eigenvalue weighted by molar-refractivity contribution is 5.45. The molecule has 0 saturated carbocycles. The zero-order chi connectivity index (χ0) is 13.1. The number of hydrogen-bond acceptors (Lipinski definition) is 3. The van der Waals surface area contributed by atoms with Crippen molar-refractivity contribution in [2.45, 2.75) is 44.6 Å². The predicted octanol–water partition coefficient (Wildman–Crippen LogP) is 3.23. The van der Waals surface area contributed by atoms with E-state index in [2.05, 4.69) is 30.4 Å². The van der Waals surface area contributed by atoms with Crippen molar-refractivity contribution in [3.63, 3.8) is 0 Å². The quantitative estimate of drug-likeness (QED) is 0.842. The highest BCUT2D eigenvalue weighted by Crippen LogP contribution is 2.36. The number of hydrogen-bond donors (Lipinski definition) is 1. The lowest BCUT2D eigenvalue weighted by Gasteiger charge is -2.30. The molecule has 1 N–H and O–H groups in total. The molecule has 1 aromatic rings. The Kier molecular flexibility index (Phi) is 3.65. The minimum atomic E-state index is 0.0706. The monoisotopic (exact) mass is 261 g/mol. The second kappa shape index (κ2) is 5.41. The largest absolute Gasteiger partial charge is 0.490 e. The fourth-order valence-corrected chi connectivity index (χ4v) is 2.99. The van der Waals surface area contributed by atoms with Crippen molar-refractivity contribution < 1.29 is 9.47 Å². The van der Waals surface area contributed by atoms with E-state index >= 15 is 0 Å². The molecule has 0 aromatic heterocycles. The molecule has 1 atom stereocenters. The first-order valence-electron chi connectivity index (χ1n) is 7.43. The number of rotatable bonds is 1. The van der Waals surface area contributed by atoms with Gasteiger partial charge in [-0.1, -0.05) is 18.9 Å². The predicted molar refractivity (Wildman–Crippen MR) is 75.9 cm³/mol. The fourth-order valence-electron chi connectivity index (χ4n) is 2.99. The Labute approximate surface area is 115 Å². The molecule has 3 heteroatoms. The maximum absolute atomic E-state index is 5.80. The van der Waals surface area contributed by atoms with E-state index in [0.717, 1.165) is 37.7 Å². The Bertz CT molecular complexity index is 436. The lowest BCUT2D eigenvalue weighted by atomic mass is 9.87. The number of fused-ring (bicyclic) bond motifs is 1. The van der Waals surface area contributed by atoms with Crippen LogP contribution in [0.2, 0.25) is 0 Å². The molecule has 0 bridgehead atoms. The van der Waals surface area contributed by atoms with Gasteiger partial charge in [0.25, 0.3) is 0 Å². The topological polar surface area (TPSA) is 30.5 Å². The van der Waals surface area contributed by atoms with Gasteiger partial charge in [-0.3, -0.25) is 0 Å². The van der Waals surface area contributed by atoms with Crippen molar-refractivity contribution in [3.8, 4) is 11.5 Å². The molecule has 2 aliphatic heterocycles. The van der Waals surface area contributed by atoms with Gasteiger partial charge in [0.05, 0.1) is 13.2 Å². The van der Waals surface area contributed by atoms with Crippen LogP contribution in [0.3, 0.4) is 0 Å². The van der Waals surface area contributed by atoms with Crippen LogP contribution in [-0.4, -0.2) is 19.8 Å². The van der Waals surface area contributed by atoms with Gasteiger partial charge >= 0.3 is 0 Å². The van der Waals surface area contributed by atoms with Crippen LogP contribution in [0.1, 0.15) is 44.6 Å². The van der Waals surface area contributed by atoms with Crippen molar-refractivity contribution in [1.82, 2.24) is 5.32 Å². The summed E-state index contributed by atoms with van der Waals surface area (Å²) < 4.78 is 11.5. The molecule has 0 spiro atoms. The van der Waals surface area contributed by atoms with Gasteiger partial charge in [-0.2, -0.15) is 0 Å². The molecule has 0 aliphatic carbocycles. The molecular weight excluding hydrogens is 238 g/mol. The molecule has 2 aliphatic rings. The molecule has 0 radical (unpaired) electrons. The van der Waals surface area contributed by atoms with E-state index in [9.17, 15) is 0 Å². The van der Waals surface area contributed by atoms with Crippen molar-refractivity contribution in [3.05, 3.63) is 23.8 Å². The minimum absolute atomic E-state index is 0.0706. The van der Waals surface area contributed by atoms with Crippen molar-refractivity contribution in [2.24, 2.45) is 0 Å². The third kappa shape index (κ3) is 2.71. The first-order valence-corrected chi connectivity index (χ1v) is 7.43. The van der Waals surface area contributed by atoms with E-state index in [1.807, 2.05) is 0 Å². The van der Waals surface area contributed by atoms with Gasteiger partial charge < -0.3 is 14.8 Å². The molecule has 2 heterocycles. The Morgan fingerprint density at radius 1 is 1.00 bits per heavy atom. The third-order valence-electron chi connectivity index (χ3n) is 4.25. The maximum Gasteiger partial charge on any atom is 0.161 e. The van der Waals surface area contributed by atoms with Gasteiger partial charge in [0.1, 0.15) is 0 Å². The standard InChI is InChI=1S/C16H23NO2/c1-16(8-3-2-4-9-17-16)13-6-7-14-15(12-13)19-11-5-10-18-14/h6-7,12,17H,2-5,8-11H2,1H3.